The zero-order valence-corrected chi connectivity index (χ0v) is 7.28. The van der Waals surface area contributed by atoms with Gasteiger partial charge in [-0.1, -0.05) is 6.07 Å². The average Bonchev–Trinajstić information content (AvgIpc) is 2.61. The second-order valence-electron chi connectivity index (χ2n) is 2.66. The lowest BCUT2D eigenvalue weighted by atomic mass is 10.2. The number of rotatable bonds is 2. The highest BCUT2D eigenvalue weighted by molar-refractivity contribution is 5.86. The maximum atomic E-state index is 4.12. The Hall–Kier alpha value is -1.84. The zero-order chi connectivity index (χ0) is 9.10. The van der Waals surface area contributed by atoms with E-state index in [1.807, 2.05) is 18.2 Å². The quantitative estimate of drug-likeness (QED) is 0.529. The van der Waals surface area contributed by atoms with E-state index in [1.165, 1.54) is 0 Å². The summed E-state index contributed by atoms with van der Waals surface area (Å²) in [7, 11) is 1.77. The smallest absolute Gasteiger partial charge is 0.0931 e. The lowest BCUT2D eigenvalue weighted by Gasteiger charge is -1.92. The molecule has 0 saturated heterocycles. The van der Waals surface area contributed by atoms with Crippen molar-refractivity contribution in [1.29, 1.82) is 0 Å². The fraction of sp³-hybridized carbons (Fsp3) is 0.111. The fourth-order valence-corrected chi connectivity index (χ4v) is 1.17. The topological polar surface area (TPSA) is 53.1 Å². The number of aromatic amines is 1. The van der Waals surface area contributed by atoms with Crippen molar-refractivity contribution < 1.29 is 0 Å². The van der Waals surface area contributed by atoms with Crippen molar-refractivity contribution in [2.75, 3.05) is 7.05 Å². The predicted octanol–water partition coefficient (Wildman–Crippen LogP) is 1.12. The standard InChI is InChI=1S/C9H10N4/c1-10-13-5-7-2-3-8-9(4-7)12-6-11-8/h2-6,10H,1H3,(H,11,12)/b13-5+. The van der Waals surface area contributed by atoms with Gasteiger partial charge >= 0.3 is 0 Å². The largest absolute Gasteiger partial charge is 0.345 e. The summed E-state index contributed by atoms with van der Waals surface area (Å²) in [5.74, 6) is 0. The highest BCUT2D eigenvalue weighted by Crippen LogP contribution is 2.09. The van der Waals surface area contributed by atoms with Crippen LogP contribution in [0.15, 0.2) is 29.6 Å². The summed E-state index contributed by atoms with van der Waals surface area (Å²) in [5.41, 5.74) is 5.75. The first-order valence-electron chi connectivity index (χ1n) is 4.03. The number of benzene rings is 1. The van der Waals surface area contributed by atoms with Crippen molar-refractivity contribution in [3.8, 4) is 0 Å². The van der Waals surface area contributed by atoms with Crippen LogP contribution in [0, 0.1) is 0 Å². The zero-order valence-electron chi connectivity index (χ0n) is 7.28. The van der Waals surface area contributed by atoms with E-state index in [2.05, 4.69) is 20.5 Å². The Bertz CT molecular complexity index is 430. The van der Waals surface area contributed by atoms with Gasteiger partial charge in [-0.2, -0.15) is 5.10 Å². The molecule has 0 amide bonds. The molecule has 0 aliphatic carbocycles. The molecule has 1 aromatic heterocycles. The van der Waals surface area contributed by atoms with Crippen molar-refractivity contribution in [2.45, 2.75) is 0 Å². The van der Waals surface area contributed by atoms with Crippen LogP contribution in [-0.2, 0) is 0 Å². The molecule has 1 heterocycles. The lowest BCUT2D eigenvalue weighted by molar-refractivity contribution is 0.908. The van der Waals surface area contributed by atoms with Crippen LogP contribution in [0.4, 0.5) is 0 Å². The fourth-order valence-electron chi connectivity index (χ4n) is 1.17. The molecule has 2 N–H and O–H groups in total. The number of aromatic nitrogens is 2. The van der Waals surface area contributed by atoms with Gasteiger partial charge in [-0.05, 0) is 17.7 Å². The third-order valence-electron chi connectivity index (χ3n) is 1.79. The summed E-state index contributed by atoms with van der Waals surface area (Å²) in [6.45, 7) is 0. The molecule has 0 bridgehead atoms. The number of hydrazone groups is 1. The van der Waals surface area contributed by atoms with Gasteiger partial charge in [0, 0.05) is 7.05 Å². The number of hydrogen-bond acceptors (Lipinski definition) is 3. The second kappa shape index (κ2) is 3.26. The van der Waals surface area contributed by atoms with Gasteiger partial charge in [0.05, 0.1) is 23.6 Å². The van der Waals surface area contributed by atoms with Gasteiger partial charge in [-0.15, -0.1) is 0 Å². The van der Waals surface area contributed by atoms with E-state index in [4.69, 9.17) is 0 Å². The van der Waals surface area contributed by atoms with Crippen LogP contribution < -0.4 is 5.43 Å². The molecule has 0 aliphatic rings. The number of H-pyrrole nitrogens is 1. The number of imidazole rings is 1. The number of fused-ring (bicyclic) bond motifs is 1. The highest BCUT2D eigenvalue weighted by atomic mass is 15.3. The van der Waals surface area contributed by atoms with Gasteiger partial charge < -0.3 is 10.4 Å². The van der Waals surface area contributed by atoms with E-state index < -0.39 is 0 Å². The highest BCUT2D eigenvalue weighted by Gasteiger charge is 1.95. The van der Waals surface area contributed by atoms with Gasteiger partial charge in [-0.25, -0.2) is 4.98 Å². The Morgan fingerprint density at radius 1 is 1.54 bits per heavy atom. The van der Waals surface area contributed by atoms with Crippen LogP contribution in [0.2, 0.25) is 0 Å². The Morgan fingerprint density at radius 3 is 3.31 bits per heavy atom. The Kier molecular flexibility index (Phi) is 1.96. The summed E-state index contributed by atoms with van der Waals surface area (Å²) in [6, 6.07) is 5.94. The lowest BCUT2D eigenvalue weighted by Crippen LogP contribution is -1.94. The normalized spacial score (nSPS) is 11.2. The molecule has 13 heavy (non-hydrogen) atoms. The first-order chi connectivity index (χ1) is 6.40. The Balaban J connectivity index is 2.42. The third kappa shape index (κ3) is 1.51. The van der Waals surface area contributed by atoms with E-state index >= 15 is 0 Å². The van der Waals surface area contributed by atoms with E-state index in [0.717, 1.165) is 16.6 Å². The van der Waals surface area contributed by atoms with E-state index in [1.54, 1.807) is 19.6 Å². The van der Waals surface area contributed by atoms with Gasteiger partial charge in [0.1, 0.15) is 0 Å². The SMILES string of the molecule is CN/N=C/c1ccc2nc[nH]c2c1. The number of nitrogens with zero attached hydrogens (tertiary/aromatic N) is 2. The van der Waals surface area contributed by atoms with Crippen LogP contribution in [0.5, 0.6) is 0 Å². The summed E-state index contributed by atoms with van der Waals surface area (Å²) in [4.78, 5) is 7.17. The molecular formula is C9H10N4. The molecule has 4 heteroatoms. The maximum absolute atomic E-state index is 4.12. The van der Waals surface area contributed by atoms with Crippen molar-refractivity contribution >= 4 is 17.2 Å². The summed E-state index contributed by atoms with van der Waals surface area (Å²) >= 11 is 0. The monoisotopic (exact) mass is 174 g/mol. The maximum Gasteiger partial charge on any atom is 0.0931 e. The van der Waals surface area contributed by atoms with E-state index in [9.17, 15) is 0 Å². The third-order valence-corrected chi connectivity index (χ3v) is 1.79. The molecular weight excluding hydrogens is 164 g/mol. The molecule has 0 atom stereocenters. The van der Waals surface area contributed by atoms with Gasteiger partial charge in [0.2, 0.25) is 0 Å². The minimum absolute atomic E-state index is 0.974. The number of nitrogens with one attached hydrogen (secondary N) is 2. The Labute approximate surface area is 75.7 Å². The van der Waals surface area contributed by atoms with Crippen LogP contribution in [0.1, 0.15) is 5.56 Å². The average molecular weight is 174 g/mol. The second-order valence-corrected chi connectivity index (χ2v) is 2.66. The molecule has 0 aliphatic heterocycles. The minimum Gasteiger partial charge on any atom is -0.345 e. The Morgan fingerprint density at radius 2 is 2.46 bits per heavy atom. The molecule has 4 nitrogen and oxygen atoms in total. The van der Waals surface area contributed by atoms with Gasteiger partial charge in [-0.3, -0.25) is 0 Å². The molecule has 66 valence electrons. The summed E-state index contributed by atoms with van der Waals surface area (Å²) in [5, 5.41) is 3.92. The van der Waals surface area contributed by atoms with Crippen LogP contribution in [0.25, 0.3) is 11.0 Å². The first kappa shape index (κ1) is 7.79. The van der Waals surface area contributed by atoms with Crippen molar-refractivity contribution in [3.63, 3.8) is 0 Å². The molecule has 2 aromatic rings. The van der Waals surface area contributed by atoms with Crippen molar-refractivity contribution in [3.05, 3.63) is 30.1 Å². The molecule has 0 unspecified atom stereocenters. The van der Waals surface area contributed by atoms with Crippen molar-refractivity contribution in [2.24, 2.45) is 5.10 Å². The first-order valence-corrected chi connectivity index (χ1v) is 4.03. The van der Waals surface area contributed by atoms with Crippen molar-refractivity contribution in [1.82, 2.24) is 15.4 Å². The summed E-state index contributed by atoms with van der Waals surface area (Å²) in [6.07, 6.45) is 3.45. The van der Waals surface area contributed by atoms with E-state index in [-0.39, 0.29) is 0 Å². The van der Waals surface area contributed by atoms with E-state index in [0.29, 0.717) is 0 Å². The van der Waals surface area contributed by atoms with Crippen LogP contribution >= 0.6 is 0 Å². The molecule has 0 spiro atoms. The molecule has 0 saturated carbocycles. The molecule has 0 radical (unpaired) electrons. The van der Waals surface area contributed by atoms with Gasteiger partial charge in [0.25, 0.3) is 0 Å². The van der Waals surface area contributed by atoms with Gasteiger partial charge in [0.15, 0.2) is 0 Å². The number of hydrogen-bond donors (Lipinski definition) is 2. The minimum atomic E-state index is 0.974. The van der Waals surface area contributed by atoms with Crippen LogP contribution in [0.3, 0.4) is 0 Å². The van der Waals surface area contributed by atoms with Crippen LogP contribution in [-0.4, -0.2) is 23.2 Å². The summed E-state index contributed by atoms with van der Waals surface area (Å²) < 4.78 is 0. The molecule has 2 rings (SSSR count). The molecule has 0 fully saturated rings. The molecule has 1 aromatic carbocycles. The predicted molar refractivity (Wildman–Crippen MR) is 52.7 cm³/mol.